The first kappa shape index (κ1) is 52.6. The van der Waals surface area contributed by atoms with Crippen LogP contribution in [0.2, 0.25) is 0 Å². The van der Waals surface area contributed by atoms with Crippen LogP contribution in [0.1, 0.15) is 123 Å². The number of benzene rings is 6. The minimum atomic E-state index is 0. The van der Waals surface area contributed by atoms with Gasteiger partial charge < -0.3 is 0 Å². The second-order valence-electron chi connectivity index (χ2n) is 21.1. The van der Waals surface area contributed by atoms with Crippen molar-refractivity contribution in [1.29, 1.82) is 0 Å². The van der Waals surface area contributed by atoms with E-state index in [0.717, 1.165) is 19.3 Å². The normalized spacial score (nSPS) is 12.5. The summed E-state index contributed by atoms with van der Waals surface area (Å²) in [4.78, 5) is 0. The number of hydrogen-bond acceptors (Lipinski definition) is 0. The van der Waals surface area contributed by atoms with Gasteiger partial charge in [-0.25, -0.2) is 12.2 Å². The first-order valence-electron chi connectivity index (χ1n) is 22.5. The van der Waals surface area contributed by atoms with Gasteiger partial charge in [0.15, 0.2) is 0 Å². The van der Waals surface area contributed by atoms with Crippen LogP contribution in [0, 0.1) is 6.08 Å². The predicted octanol–water partition coefficient (Wildman–Crippen LogP) is 17.6. The molecule has 7 aromatic rings. The summed E-state index contributed by atoms with van der Waals surface area (Å²) < 4.78 is 1.60. The summed E-state index contributed by atoms with van der Waals surface area (Å²) in [5, 5.41) is 5.38. The van der Waals surface area contributed by atoms with Gasteiger partial charge in [0.2, 0.25) is 0 Å². The van der Waals surface area contributed by atoms with Crippen LogP contribution in [0.25, 0.3) is 43.8 Å². The van der Waals surface area contributed by atoms with Gasteiger partial charge in [0.25, 0.3) is 0 Å². The second kappa shape index (κ2) is 22.0. The Balaban J connectivity index is 0.000000321. The molecule has 0 bridgehead atoms. The van der Waals surface area contributed by atoms with Gasteiger partial charge in [-0.2, -0.15) is 6.08 Å². The van der Waals surface area contributed by atoms with E-state index in [9.17, 15) is 0 Å². The van der Waals surface area contributed by atoms with E-state index in [4.69, 9.17) is 0 Å². The first-order valence-corrected chi connectivity index (χ1v) is 23.7. The Hall–Kier alpha value is -4.00. The van der Waals surface area contributed by atoms with Crippen molar-refractivity contribution in [3.8, 4) is 22.3 Å². The fraction of sp³-hybridized carbons (Fsp3) is 0.311. The van der Waals surface area contributed by atoms with Gasteiger partial charge in [0.05, 0.1) is 0 Å². The molecule has 0 amide bonds. The molecule has 0 nitrogen and oxygen atoms in total. The van der Waals surface area contributed by atoms with Gasteiger partial charge in [-0.1, -0.05) is 144 Å². The van der Waals surface area contributed by atoms with Crippen LogP contribution < -0.4 is 0 Å². The first-order chi connectivity index (χ1) is 29.2. The quantitative estimate of drug-likeness (QED) is 0.146. The van der Waals surface area contributed by atoms with Crippen molar-refractivity contribution in [3.63, 3.8) is 0 Å². The van der Waals surface area contributed by atoms with E-state index in [-0.39, 0.29) is 46.5 Å². The molecule has 0 spiro atoms. The van der Waals surface area contributed by atoms with Crippen molar-refractivity contribution in [1.82, 2.24) is 0 Å². The molecule has 0 aliphatic heterocycles. The van der Waals surface area contributed by atoms with E-state index < -0.39 is 0 Å². The van der Waals surface area contributed by atoms with Crippen molar-refractivity contribution in [2.75, 3.05) is 0 Å². The van der Waals surface area contributed by atoms with E-state index in [1.807, 2.05) is 12.2 Å². The number of allylic oxidation sites excluding steroid dienone is 4. The third kappa shape index (κ3) is 13.3. The maximum absolute atomic E-state index is 2.99. The Morgan fingerprint density at radius 1 is 0.469 bits per heavy atom. The van der Waals surface area contributed by atoms with Crippen molar-refractivity contribution in [3.05, 3.63) is 197 Å². The molecule has 1 aliphatic rings. The van der Waals surface area contributed by atoms with Crippen LogP contribution >= 0.6 is 24.8 Å². The summed E-state index contributed by atoms with van der Waals surface area (Å²) in [7, 11) is 0. The fourth-order valence-corrected chi connectivity index (χ4v) is 9.63. The monoisotopic (exact) mass is 962 g/mol. The summed E-state index contributed by atoms with van der Waals surface area (Å²) >= 11 is 1.55. The molecule has 7 aromatic carbocycles. The molecule has 0 saturated heterocycles. The molecular weight excluding hydrogens is 895 g/mol. The van der Waals surface area contributed by atoms with E-state index in [0.29, 0.717) is 0 Å². The van der Waals surface area contributed by atoms with Crippen LogP contribution in [0.3, 0.4) is 0 Å². The van der Waals surface area contributed by atoms with Gasteiger partial charge >= 0.3 is 112 Å². The van der Waals surface area contributed by atoms with Crippen LogP contribution in [0.5, 0.6) is 0 Å². The predicted molar refractivity (Wildman–Crippen MR) is 284 cm³/mol. The van der Waals surface area contributed by atoms with Crippen molar-refractivity contribution < 1.29 is 24.2 Å². The Bertz CT molecular complexity index is 2500. The third-order valence-electron chi connectivity index (χ3n) is 11.8. The fourth-order valence-electron chi connectivity index (χ4n) is 8.62. The number of hydrogen-bond donors (Lipinski definition) is 0. The molecule has 0 aromatic heterocycles. The molecule has 0 N–H and O–H groups in total. The molecule has 0 radical (unpaired) electrons. The van der Waals surface area contributed by atoms with E-state index in [1.54, 1.807) is 27.4 Å². The molecule has 332 valence electrons. The molecule has 0 atom stereocenters. The van der Waals surface area contributed by atoms with Gasteiger partial charge in [-0.05, 0) is 66.2 Å². The molecule has 64 heavy (non-hydrogen) atoms. The standard InChI is InChI=1S/C41H49.C15H14.C5H5.2ClH.Zr/c1-38(2,3)34-19-15-13-17-28(34)32-22-26-21-27-23-33(29-18-14-16-20-35(29)39(4,5)6)37(41(10,11)12)25-31(27)30(26)24-36(32)40(7,8)9;1-3-8-14(9-4-1)12-7-13-15-10-5-2-6-11-15;1-2-4-5-3-1;;;/h13-25H,1-12H3;1-6,8-11H,12-13H2;1-3H,4H2;2*1H;/q-1;;-1;;;+2. The van der Waals surface area contributed by atoms with Gasteiger partial charge in [0.1, 0.15) is 0 Å². The van der Waals surface area contributed by atoms with Crippen LogP contribution in [-0.4, -0.2) is 3.21 Å². The number of rotatable bonds is 6. The maximum atomic E-state index is 2.99. The topological polar surface area (TPSA) is 0 Å². The average molecular weight is 965 g/mol. The van der Waals surface area contributed by atoms with Crippen LogP contribution in [0.4, 0.5) is 0 Å². The van der Waals surface area contributed by atoms with Crippen molar-refractivity contribution in [2.24, 2.45) is 0 Å². The van der Waals surface area contributed by atoms with Crippen LogP contribution in [-0.2, 0) is 58.7 Å². The number of halogens is 2. The summed E-state index contributed by atoms with van der Waals surface area (Å²) in [6, 6.07) is 51.8. The Labute approximate surface area is 414 Å². The third-order valence-corrected chi connectivity index (χ3v) is 12.6. The van der Waals surface area contributed by atoms with Gasteiger partial charge in [-0.3, -0.25) is 6.08 Å². The van der Waals surface area contributed by atoms with Gasteiger partial charge in [0, 0.05) is 0 Å². The zero-order chi connectivity index (χ0) is 44.9. The van der Waals surface area contributed by atoms with Crippen molar-refractivity contribution in [2.45, 2.75) is 124 Å². The zero-order valence-corrected chi connectivity index (χ0v) is 44.5. The molecule has 0 saturated carbocycles. The SMILES string of the molecule is CC(C)(C)c1ccccc1-c1cc2[cH-]c3cc(-c4ccccc4C(C)(C)C)c(C(C)(C)C)cc3c2cc1C(C)(C)C.Cl.Cl.[C-]1=CC=CC1.[Zr+2]=[C](Cc1ccccc1)Cc1ccccc1. The molecule has 1 aliphatic carbocycles. The number of fused-ring (bicyclic) bond motifs is 3. The van der Waals surface area contributed by atoms with Crippen molar-refractivity contribution >= 4 is 49.6 Å². The van der Waals surface area contributed by atoms with E-state index in [2.05, 4.69) is 235 Å². The Morgan fingerprint density at radius 2 is 0.828 bits per heavy atom. The molecule has 0 fully saturated rings. The molecule has 0 unspecified atom stereocenters. The molecular formula is C61H70Cl2Zr. The summed E-state index contributed by atoms with van der Waals surface area (Å²) in [6.07, 6.45) is 12.2. The van der Waals surface area contributed by atoms with Gasteiger partial charge in [-0.15, -0.1) is 71.0 Å². The molecule has 0 heterocycles. The van der Waals surface area contributed by atoms with Crippen LogP contribution in [0.15, 0.2) is 158 Å². The van der Waals surface area contributed by atoms with E-state index in [1.165, 1.54) is 77.2 Å². The Kier molecular flexibility index (Phi) is 18.1. The molecule has 8 rings (SSSR count). The summed E-state index contributed by atoms with van der Waals surface area (Å²) in [6.45, 7) is 28.0. The minimum absolute atomic E-state index is 0. The average Bonchev–Trinajstić information content (AvgIpc) is 3.92. The summed E-state index contributed by atoms with van der Waals surface area (Å²) in [5.74, 6) is 0. The Morgan fingerprint density at radius 3 is 1.14 bits per heavy atom. The zero-order valence-electron chi connectivity index (χ0n) is 40.4. The second-order valence-corrected chi connectivity index (χ2v) is 22.9. The van der Waals surface area contributed by atoms with E-state index >= 15 is 0 Å². The molecule has 3 heteroatoms. The summed E-state index contributed by atoms with van der Waals surface area (Å²) in [5.41, 5.74) is 14.0.